The topological polar surface area (TPSA) is 74.6 Å². The van der Waals surface area contributed by atoms with Crippen LogP contribution >= 0.6 is 0 Å². The van der Waals surface area contributed by atoms with Crippen molar-refractivity contribution in [1.82, 2.24) is 9.55 Å². The molecule has 0 saturated carbocycles. The molecule has 63 heavy (non-hydrogen) atoms. The quantitative estimate of drug-likeness (QED) is 0.174. The minimum absolute atomic E-state index is 0.525. The number of hydrogen-bond donors (Lipinski definition) is 0. The zero-order valence-electron chi connectivity index (χ0n) is 33.8. The summed E-state index contributed by atoms with van der Waals surface area (Å²) in [5.74, 6) is 2.43. The molecule has 292 valence electrons. The molecule has 12 rings (SSSR count). The molecular weight excluding hydrogens is 769 g/mol. The molecule has 0 atom stereocenters. The maximum Gasteiger partial charge on any atom is 0.145 e. The molecule has 2 aliphatic rings. The molecule has 1 aliphatic carbocycles. The predicted octanol–water partition coefficient (Wildman–Crippen LogP) is 13.9. The largest absolute Gasteiger partial charge is 0.456 e. The zero-order chi connectivity index (χ0) is 42.1. The molecule has 1 aliphatic heterocycles. The van der Waals surface area contributed by atoms with E-state index in [0.29, 0.717) is 11.1 Å². The van der Waals surface area contributed by atoms with Gasteiger partial charge in [-0.2, -0.15) is 10.5 Å². The van der Waals surface area contributed by atoms with Crippen molar-refractivity contribution in [2.45, 2.75) is 5.41 Å². The van der Waals surface area contributed by atoms with Crippen molar-refractivity contribution in [3.63, 3.8) is 0 Å². The average molecular weight is 803 g/mol. The van der Waals surface area contributed by atoms with E-state index >= 15 is 0 Å². The number of para-hydroxylation sites is 4. The van der Waals surface area contributed by atoms with E-state index in [1.165, 1.54) is 22.3 Å². The van der Waals surface area contributed by atoms with Crippen LogP contribution in [0.2, 0.25) is 0 Å². The Bertz CT molecular complexity index is 3520. The van der Waals surface area contributed by atoms with Crippen molar-refractivity contribution >= 4 is 11.0 Å². The van der Waals surface area contributed by atoms with Gasteiger partial charge >= 0.3 is 0 Å². The molecule has 0 radical (unpaired) electrons. The van der Waals surface area contributed by atoms with Gasteiger partial charge in [0.25, 0.3) is 0 Å². The van der Waals surface area contributed by atoms with Crippen LogP contribution in [0.15, 0.2) is 206 Å². The number of ether oxygens (including phenoxy) is 1. The Morgan fingerprint density at radius 3 is 1.84 bits per heavy atom. The number of benzene rings is 9. The van der Waals surface area contributed by atoms with Crippen LogP contribution in [0.4, 0.5) is 0 Å². The van der Waals surface area contributed by atoms with E-state index in [2.05, 4.69) is 168 Å². The van der Waals surface area contributed by atoms with Crippen molar-refractivity contribution in [3.8, 4) is 85.2 Å². The third-order valence-electron chi connectivity index (χ3n) is 12.8. The van der Waals surface area contributed by atoms with Crippen molar-refractivity contribution < 1.29 is 4.74 Å². The fourth-order valence-corrected chi connectivity index (χ4v) is 10.0. The van der Waals surface area contributed by atoms with Crippen LogP contribution in [0, 0.1) is 22.7 Å². The summed E-state index contributed by atoms with van der Waals surface area (Å²) in [7, 11) is 0. The minimum Gasteiger partial charge on any atom is -0.456 e. The summed E-state index contributed by atoms with van der Waals surface area (Å²) in [6.45, 7) is 0. The highest BCUT2D eigenvalue weighted by atomic mass is 16.5. The molecule has 2 heterocycles. The molecule has 0 bridgehead atoms. The summed E-state index contributed by atoms with van der Waals surface area (Å²) in [6, 6.07) is 75.9. The average Bonchev–Trinajstić information content (AvgIpc) is 3.89. The van der Waals surface area contributed by atoms with E-state index in [1.807, 2.05) is 48.5 Å². The van der Waals surface area contributed by atoms with Gasteiger partial charge < -0.3 is 4.74 Å². The first-order valence-corrected chi connectivity index (χ1v) is 21.0. The molecular formula is C58H34N4O. The van der Waals surface area contributed by atoms with E-state index in [-0.39, 0.29) is 0 Å². The number of rotatable bonds is 5. The predicted molar refractivity (Wildman–Crippen MR) is 250 cm³/mol. The zero-order valence-corrected chi connectivity index (χ0v) is 33.8. The van der Waals surface area contributed by atoms with Gasteiger partial charge in [0.2, 0.25) is 0 Å². The Balaban J connectivity index is 1.12. The first-order chi connectivity index (χ1) is 31.1. The molecule has 0 amide bonds. The second-order valence-electron chi connectivity index (χ2n) is 16.1. The van der Waals surface area contributed by atoms with E-state index in [4.69, 9.17) is 9.72 Å². The van der Waals surface area contributed by atoms with Crippen LogP contribution < -0.4 is 4.74 Å². The summed E-state index contributed by atoms with van der Waals surface area (Å²) in [5, 5.41) is 20.2. The molecule has 0 fully saturated rings. The van der Waals surface area contributed by atoms with Crippen LogP contribution in [-0.4, -0.2) is 9.55 Å². The van der Waals surface area contributed by atoms with Gasteiger partial charge in [-0.3, -0.25) is 4.57 Å². The van der Waals surface area contributed by atoms with E-state index in [1.54, 1.807) is 6.07 Å². The minimum atomic E-state index is -0.695. The third-order valence-corrected chi connectivity index (χ3v) is 12.8. The molecule has 5 nitrogen and oxygen atoms in total. The number of nitrogens with zero attached hydrogens (tertiary/aromatic N) is 4. The smallest absolute Gasteiger partial charge is 0.145 e. The van der Waals surface area contributed by atoms with Crippen LogP contribution in [-0.2, 0) is 5.41 Å². The molecule has 5 heteroatoms. The molecule has 9 aromatic carbocycles. The van der Waals surface area contributed by atoms with Gasteiger partial charge in [-0.1, -0.05) is 140 Å². The summed E-state index contributed by atoms with van der Waals surface area (Å²) in [4.78, 5) is 5.15. The third kappa shape index (κ3) is 5.44. The van der Waals surface area contributed by atoms with Gasteiger partial charge in [0.15, 0.2) is 0 Å². The number of aromatic nitrogens is 2. The van der Waals surface area contributed by atoms with Crippen molar-refractivity contribution in [3.05, 3.63) is 240 Å². The molecule has 10 aromatic rings. The lowest BCUT2D eigenvalue weighted by Crippen LogP contribution is -2.32. The van der Waals surface area contributed by atoms with Gasteiger partial charge in [0.05, 0.1) is 39.7 Å². The summed E-state index contributed by atoms with van der Waals surface area (Å²) in [6.07, 6.45) is 0. The lowest BCUT2D eigenvalue weighted by molar-refractivity contribution is 0.438. The standard InChI is InChI=1S/C58H34N4O/c59-35-37-13-12-14-40(31-37)47-32-41(29-30-42(47)36-60)48-33-43(38-25-27-39(28-26-38)57-61-53-22-9-10-23-54(53)62(57)44-15-2-1-3-16-44)34-52-56(48)63-55-24-11-8-21-51(55)58(52)49-19-6-4-17-45(49)46-18-5-7-20-50(46)58/h1-34H. The van der Waals surface area contributed by atoms with E-state index < -0.39 is 5.41 Å². The van der Waals surface area contributed by atoms with Gasteiger partial charge in [-0.25, -0.2) is 4.98 Å². The monoisotopic (exact) mass is 802 g/mol. The second kappa shape index (κ2) is 14.2. The SMILES string of the molecule is N#Cc1cccc(-c2cc(-c3cc(-c4ccc(-c5nc6ccccc6n5-c5ccccc5)cc4)cc4c3Oc3ccccc3C43c4ccccc4-c4ccccc43)ccc2C#N)c1. The summed E-state index contributed by atoms with van der Waals surface area (Å²) in [5.41, 5.74) is 16.7. The Kier molecular flexibility index (Phi) is 8.12. The maximum absolute atomic E-state index is 10.4. The lowest BCUT2D eigenvalue weighted by atomic mass is 9.65. The van der Waals surface area contributed by atoms with Crippen molar-refractivity contribution in [2.24, 2.45) is 0 Å². The Labute approximate surface area is 364 Å². The molecule has 1 aromatic heterocycles. The number of imidazole rings is 1. The maximum atomic E-state index is 10.4. The van der Waals surface area contributed by atoms with E-state index in [0.717, 1.165) is 84.1 Å². The Morgan fingerprint density at radius 2 is 1.08 bits per heavy atom. The lowest BCUT2D eigenvalue weighted by Gasteiger charge is -2.40. The fourth-order valence-electron chi connectivity index (χ4n) is 10.0. The second-order valence-corrected chi connectivity index (χ2v) is 16.1. The van der Waals surface area contributed by atoms with Gasteiger partial charge in [-0.05, 0) is 111 Å². The first kappa shape index (κ1) is 36.1. The Morgan fingerprint density at radius 1 is 0.444 bits per heavy atom. The van der Waals surface area contributed by atoms with Gasteiger partial charge in [-0.15, -0.1) is 0 Å². The van der Waals surface area contributed by atoms with Gasteiger partial charge in [0, 0.05) is 33.5 Å². The number of fused-ring (bicyclic) bond motifs is 10. The molecule has 1 spiro atoms. The highest BCUT2D eigenvalue weighted by Gasteiger charge is 2.51. The molecule has 0 N–H and O–H groups in total. The van der Waals surface area contributed by atoms with Crippen molar-refractivity contribution in [2.75, 3.05) is 0 Å². The van der Waals surface area contributed by atoms with Crippen LogP contribution in [0.1, 0.15) is 33.4 Å². The van der Waals surface area contributed by atoms with Gasteiger partial charge in [0.1, 0.15) is 17.3 Å². The van der Waals surface area contributed by atoms with E-state index in [9.17, 15) is 10.5 Å². The highest BCUT2D eigenvalue weighted by molar-refractivity contribution is 5.93. The number of hydrogen-bond acceptors (Lipinski definition) is 4. The number of nitriles is 2. The van der Waals surface area contributed by atoms with Crippen LogP contribution in [0.3, 0.4) is 0 Å². The highest BCUT2D eigenvalue weighted by Crippen LogP contribution is 2.63. The first-order valence-electron chi connectivity index (χ1n) is 21.0. The van der Waals surface area contributed by atoms with Crippen LogP contribution in [0.5, 0.6) is 11.5 Å². The molecule has 0 saturated heterocycles. The van der Waals surface area contributed by atoms with Crippen LogP contribution in [0.25, 0.3) is 72.6 Å². The summed E-state index contributed by atoms with van der Waals surface area (Å²) >= 11 is 0. The fraction of sp³-hybridized carbons (Fsp3) is 0.0172. The van der Waals surface area contributed by atoms with Crippen molar-refractivity contribution in [1.29, 1.82) is 10.5 Å². The normalized spacial score (nSPS) is 12.7. The molecule has 0 unspecified atom stereocenters. The Hall–Kier alpha value is -8.77. The summed E-state index contributed by atoms with van der Waals surface area (Å²) < 4.78 is 9.38.